The maximum atomic E-state index is 4.77. The fraction of sp³-hybridized carbons (Fsp3) is 0.947. The summed E-state index contributed by atoms with van der Waals surface area (Å²) in [6.45, 7) is 8.11. The van der Waals surface area contributed by atoms with Crippen molar-refractivity contribution in [1.82, 2.24) is 4.90 Å². The molecule has 0 N–H and O–H groups in total. The van der Waals surface area contributed by atoms with E-state index in [1.807, 2.05) is 0 Å². The van der Waals surface area contributed by atoms with E-state index in [4.69, 9.17) is 4.99 Å². The van der Waals surface area contributed by atoms with Crippen LogP contribution in [-0.4, -0.2) is 30.4 Å². The molecule has 0 aromatic heterocycles. The van der Waals surface area contributed by atoms with Crippen LogP contribution in [0.1, 0.15) is 97.3 Å². The Morgan fingerprint density at radius 2 is 1.43 bits per heavy atom. The van der Waals surface area contributed by atoms with Gasteiger partial charge in [-0.15, -0.1) is 0 Å². The van der Waals surface area contributed by atoms with Crippen molar-refractivity contribution in [3.63, 3.8) is 0 Å². The fourth-order valence-corrected chi connectivity index (χ4v) is 3.12. The van der Waals surface area contributed by atoms with Crippen molar-refractivity contribution in [3.8, 4) is 0 Å². The second kappa shape index (κ2) is 13.2. The highest BCUT2D eigenvalue weighted by Crippen LogP contribution is 2.14. The van der Waals surface area contributed by atoms with Gasteiger partial charge in [-0.3, -0.25) is 4.99 Å². The molecule has 0 radical (unpaired) electrons. The molecule has 2 nitrogen and oxygen atoms in total. The Kier molecular flexibility index (Phi) is 11.6. The average Bonchev–Trinajstić information content (AvgIpc) is 2.52. The quantitative estimate of drug-likeness (QED) is 0.391. The maximum Gasteiger partial charge on any atom is 0.0988 e. The minimum Gasteiger partial charge on any atom is -0.360 e. The van der Waals surface area contributed by atoms with Crippen LogP contribution in [0.3, 0.4) is 0 Å². The largest absolute Gasteiger partial charge is 0.360 e. The summed E-state index contributed by atoms with van der Waals surface area (Å²) in [5.74, 6) is 1.41. The van der Waals surface area contributed by atoms with E-state index >= 15 is 0 Å². The van der Waals surface area contributed by atoms with Gasteiger partial charge in [0.1, 0.15) is 0 Å². The molecule has 0 fully saturated rings. The summed E-state index contributed by atoms with van der Waals surface area (Å²) >= 11 is 0. The third-order valence-corrected chi connectivity index (χ3v) is 4.53. The van der Waals surface area contributed by atoms with Crippen molar-refractivity contribution in [2.45, 2.75) is 97.3 Å². The first-order valence-electron chi connectivity index (χ1n) is 9.66. The Morgan fingerprint density at radius 3 is 2.10 bits per heavy atom. The maximum absolute atomic E-state index is 4.77. The molecule has 2 heteroatoms. The summed E-state index contributed by atoms with van der Waals surface area (Å²) in [6.07, 6.45) is 17.8. The SMILES string of the molecule is CCCCCCCCCCCC1=NCCCN1CCCC. The summed E-state index contributed by atoms with van der Waals surface area (Å²) in [7, 11) is 0. The molecule has 1 aliphatic rings. The standard InChI is InChI=1S/C19H38N2/c1-3-5-7-8-9-10-11-12-13-15-19-20-16-14-18-21(19)17-6-4-2/h3-18H2,1-2H3. The lowest BCUT2D eigenvalue weighted by molar-refractivity contribution is 0.375. The average molecular weight is 295 g/mol. The first-order chi connectivity index (χ1) is 10.4. The van der Waals surface area contributed by atoms with Crippen molar-refractivity contribution in [2.75, 3.05) is 19.6 Å². The number of hydrogen-bond donors (Lipinski definition) is 0. The Morgan fingerprint density at radius 1 is 0.810 bits per heavy atom. The highest BCUT2D eigenvalue weighted by atomic mass is 15.2. The zero-order chi connectivity index (χ0) is 15.2. The van der Waals surface area contributed by atoms with Gasteiger partial charge in [0, 0.05) is 26.1 Å². The molecule has 1 heterocycles. The Bertz CT molecular complexity index is 260. The third-order valence-electron chi connectivity index (χ3n) is 4.53. The van der Waals surface area contributed by atoms with Crippen LogP contribution in [0.4, 0.5) is 0 Å². The highest BCUT2D eigenvalue weighted by Gasteiger charge is 2.13. The van der Waals surface area contributed by atoms with E-state index in [2.05, 4.69) is 18.7 Å². The lowest BCUT2D eigenvalue weighted by Gasteiger charge is -2.29. The summed E-state index contributed by atoms with van der Waals surface area (Å²) in [5, 5.41) is 0. The van der Waals surface area contributed by atoms with Crippen LogP contribution < -0.4 is 0 Å². The van der Waals surface area contributed by atoms with Gasteiger partial charge < -0.3 is 4.90 Å². The van der Waals surface area contributed by atoms with E-state index in [1.54, 1.807) is 0 Å². The minimum atomic E-state index is 1.06. The lowest BCUT2D eigenvalue weighted by atomic mass is 10.1. The van der Waals surface area contributed by atoms with Crippen LogP contribution in [0.5, 0.6) is 0 Å². The van der Waals surface area contributed by atoms with Gasteiger partial charge in [-0.25, -0.2) is 0 Å². The minimum absolute atomic E-state index is 1.06. The molecule has 1 rings (SSSR count). The second-order valence-electron chi connectivity index (χ2n) is 6.57. The second-order valence-corrected chi connectivity index (χ2v) is 6.57. The topological polar surface area (TPSA) is 15.6 Å². The van der Waals surface area contributed by atoms with Gasteiger partial charge in [-0.05, 0) is 19.3 Å². The number of nitrogens with zero attached hydrogens (tertiary/aromatic N) is 2. The molecule has 0 atom stereocenters. The van der Waals surface area contributed by atoms with Gasteiger partial charge in [0.25, 0.3) is 0 Å². The van der Waals surface area contributed by atoms with Gasteiger partial charge in [0.15, 0.2) is 0 Å². The van der Waals surface area contributed by atoms with Gasteiger partial charge >= 0.3 is 0 Å². The number of amidine groups is 1. The van der Waals surface area contributed by atoms with E-state index in [-0.39, 0.29) is 0 Å². The normalized spacial score (nSPS) is 15.3. The van der Waals surface area contributed by atoms with Gasteiger partial charge in [0.2, 0.25) is 0 Å². The molecule has 0 spiro atoms. The van der Waals surface area contributed by atoms with E-state index < -0.39 is 0 Å². The van der Waals surface area contributed by atoms with Gasteiger partial charge in [-0.1, -0.05) is 71.6 Å². The zero-order valence-corrected chi connectivity index (χ0v) is 14.7. The highest BCUT2D eigenvalue weighted by molar-refractivity contribution is 5.82. The van der Waals surface area contributed by atoms with Crippen LogP contribution in [0, 0.1) is 0 Å². The molecule has 0 bridgehead atoms. The first-order valence-corrected chi connectivity index (χ1v) is 9.66. The summed E-state index contributed by atoms with van der Waals surface area (Å²) in [4.78, 5) is 7.33. The predicted octanol–water partition coefficient (Wildman–Crippen LogP) is 5.81. The van der Waals surface area contributed by atoms with Crippen LogP contribution >= 0.6 is 0 Å². The smallest absolute Gasteiger partial charge is 0.0988 e. The van der Waals surface area contributed by atoms with Crippen LogP contribution in [0.2, 0.25) is 0 Å². The number of aliphatic imine (C=N–C) groups is 1. The van der Waals surface area contributed by atoms with Crippen molar-refractivity contribution >= 4 is 5.84 Å². The summed E-state index contributed by atoms with van der Waals surface area (Å²) in [5.41, 5.74) is 0. The monoisotopic (exact) mass is 294 g/mol. The Labute approximate surface area is 133 Å². The van der Waals surface area contributed by atoms with Crippen molar-refractivity contribution in [2.24, 2.45) is 4.99 Å². The van der Waals surface area contributed by atoms with E-state index in [0.29, 0.717) is 0 Å². The van der Waals surface area contributed by atoms with Crippen molar-refractivity contribution in [3.05, 3.63) is 0 Å². The van der Waals surface area contributed by atoms with Crippen LogP contribution in [0.15, 0.2) is 4.99 Å². The Hall–Kier alpha value is -0.530. The van der Waals surface area contributed by atoms with E-state index in [0.717, 1.165) is 6.54 Å². The van der Waals surface area contributed by atoms with Crippen molar-refractivity contribution in [1.29, 1.82) is 0 Å². The first kappa shape index (κ1) is 18.5. The molecule has 0 aromatic carbocycles. The Balaban J connectivity index is 2.01. The van der Waals surface area contributed by atoms with Crippen LogP contribution in [0.25, 0.3) is 0 Å². The van der Waals surface area contributed by atoms with Gasteiger partial charge in [0.05, 0.1) is 5.84 Å². The molecule has 0 aliphatic carbocycles. The third kappa shape index (κ3) is 9.16. The molecular weight excluding hydrogens is 256 g/mol. The van der Waals surface area contributed by atoms with Gasteiger partial charge in [-0.2, -0.15) is 0 Å². The molecular formula is C19H38N2. The number of unbranched alkanes of at least 4 members (excludes halogenated alkanes) is 9. The lowest BCUT2D eigenvalue weighted by Crippen LogP contribution is -2.36. The number of hydrogen-bond acceptors (Lipinski definition) is 2. The summed E-state index contributed by atoms with van der Waals surface area (Å²) in [6, 6.07) is 0. The molecule has 1 aliphatic heterocycles. The molecule has 124 valence electrons. The molecule has 0 saturated carbocycles. The molecule has 0 unspecified atom stereocenters. The van der Waals surface area contributed by atoms with E-state index in [9.17, 15) is 0 Å². The van der Waals surface area contributed by atoms with Crippen molar-refractivity contribution < 1.29 is 0 Å². The molecule has 0 saturated heterocycles. The predicted molar refractivity (Wildman–Crippen MR) is 95.2 cm³/mol. The fourth-order valence-electron chi connectivity index (χ4n) is 3.12. The van der Waals surface area contributed by atoms with Crippen LogP contribution in [-0.2, 0) is 0 Å². The van der Waals surface area contributed by atoms with E-state index in [1.165, 1.54) is 102 Å². The summed E-state index contributed by atoms with van der Waals surface area (Å²) < 4.78 is 0. The molecule has 0 aromatic rings. The number of rotatable bonds is 13. The molecule has 21 heavy (non-hydrogen) atoms. The zero-order valence-electron chi connectivity index (χ0n) is 14.7. The molecule has 0 amide bonds.